The number of piperidine rings is 1. The van der Waals surface area contributed by atoms with Gasteiger partial charge in [0.05, 0.1) is 16.8 Å². The number of hydrazine groups is 1. The molecule has 2 heterocycles. The molecule has 6 nitrogen and oxygen atoms in total. The molecule has 0 spiro atoms. The topological polar surface area (TPSA) is 74.3 Å². The van der Waals surface area contributed by atoms with Crippen molar-refractivity contribution in [1.29, 1.82) is 0 Å². The predicted molar refractivity (Wildman–Crippen MR) is 132 cm³/mol. The molecular formula is C26H29ClN4O2. The second-order valence-electron chi connectivity index (χ2n) is 8.70. The van der Waals surface area contributed by atoms with Crippen LogP contribution in [0.2, 0.25) is 5.02 Å². The normalized spacial score (nSPS) is 18.8. The molecule has 2 N–H and O–H groups in total. The summed E-state index contributed by atoms with van der Waals surface area (Å²) in [5.41, 5.74) is 7.83. The van der Waals surface area contributed by atoms with Gasteiger partial charge in [-0.25, -0.2) is 4.98 Å². The molecule has 0 saturated carbocycles. The van der Waals surface area contributed by atoms with Crippen LogP contribution in [0.1, 0.15) is 49.9 Å². The van der Waals surface area contributed by atoms with E-state index in [0.717, 1.165) is 23.8 Å². The lowest BCUT2D eigenvalue weighted by Crippen LogP contribution is -2.47. The van der Waals surface area contributed by atoms with Crippen LogP contribution in [0.3, 0.4) is 0 Å². The number of carbonyl (C=O) groups is 2. The lowest BCUT2D eigenvalue weighted by Gasteiger charge is -2.38. The number of nitrogens with zero attached hydrogens (tertiary/aromatic N) is 2. The zero-order valence-corrected chi connectivity index (χ0v) is 19.7. The predicted octanol–water partition coefficient (Wildman–Crippen LogP) is 4.97. The first-order valence-electron chi connectivity index (χ1n) is 11.4. The summed E-state index contributed by atoms with van der Waals surface area (Å²) in [7, 11) is 0. The molecule has 0 radical (unpaired) electrons. The standard InChI is InChI=1S/C26H29ClN4O2/c1-17-6-5-7-18(2)31(17)15-14-25(32)29-30-26(33)22-16-24(19-10-12-20(27)13-11-19)28-23-9-4-3-8-21(22)23/h3-4,8-13,16-18H,5-7,14-15H2,1-2H3,(H,29,32)(H,30,33)/t17-,18-/m1/s1. The number of amides is 2. The van der Waals surface area contributed by atoms with Crippen molar-refractivity contribution < 1.29 is 9.59 Å². The summed E-state index contributed by atoms with van der Waals surface area (Å²) in [6, 6.07) is 17.5. The quantitative estimate of drug-likeness (QED) is 0.523. The van der Waals surface area contributed by atoms with Gasteiger partial charge in [-0.1, -0.05) is 48.4 Å². The van der Waals surface area contributed by atoms with E-state index in [1.807, 2.05) is 36.4 Å². The fraction of sp³-hybridized carbons (Fsp3) is 0.346. The first kappa shape index (κ1) is 23.2. The average molecular weight is 465 g/mol. The summed E-state index contributed by atoms with van der Waals surface area (Å²) < 4.78 is 0. The van der Waals surface area contributed by atoms with E-state index in [1.54, 1.807) is 18.2 Å². The van der Waals surface area contributed by atoms with Crippen LogP contribution < -0.4 is 10.9 Å². The molecule has 1 aliphatic heterocycles. The van der Waals surface area contributed by atoms with Crippen LogP contribution in [0.5, 0.6) is 0 Å². The molecule has 0 bridgehead atoms. The molecule has 0 aliphatic carbocycles. The van der Waals surface area contributed by atoms with Crippen molar-refractivity contribution in [2.45, 2.75) is 51.6 Å². The van der Waals surface area contributed by atoms with E-state index in [2.05, 4.69) is 29.6 Å². The smallest absolute Gasteiger partial charge is 0.270 e. The van der Waals surface area contributed by atoms with Crippen molar-refractivity contribution in [3.63, 3.8) is 0 Å². The Kier molecular flexibility index (Phi) is 7.26. The van der Waals surface area contributed by atoms with Crippen LogP contribution in [-0.4, -0.2) is 40.3 Å². The number of likely N-dealkylation sites (tertiary alicyclic amines) is 1. The average Bonchev–Trinajstić information content (AvgIpc) is 2.82. The third-order valence-corrected chi connectivity index (χ3v) is 6.64. The van der Waals surface area contributed by atoms with Gasteiger partial charge in [0, 0.05) is 41.0 Å². The van der Waals surface area contributed by atoms with E-state index in [1.165, 1.54) is 6.42 Å². The SMILES string of the molecule is C[C@@H]1CCC[C@@H](C)N1CCC(=O)NNC(=O)c1cc(-c2ccc(Cl)cc2)nc2ccccc12. The zero-order chi connectivity index (χ0) is 23.4. The van der Waals surface area contributed by atoms with Gasteiger partial charge in [-0.15, -0.1) is 0 Å². The molecule has 1 aromatic heterocycles. The fourth-order valence-corrected chi connectivity index (χ4v) is 4.66. The van der Waals surface area contributed by atoms with Gasteiger partial charge in [-0.3, -0.25) is 25.3 Å². The largest absolute Gasteiger partial charge is 0.297 e. The molecule has 2 amide bonds. The minimum Gasteiger partial charge on any atom is -0.297 e. The minimum atomic E-state index is -0.378. The molecule has 1 aliphatic rings. The van der Waals surface area contributed by atoms with Crippen LogP contribution in [0.4, 0.5) is 0 Å². The second-order valence-corrected chi connectivity index (χ2v) is 9.13. The first-order chi connectivity index (χ1) is 15.9. The molecule has 172 valence electrons. The maximum atomic E-state index is 13.0. The van der Waals surface area contributed by atoms with Crippen molar-refractivity contribution in [1.82, 2.24) is 20.7 Å². The number of aromatic nitrogens is 1. The number of fused-ring (bicyclic) bond motifs is 1. The number of rotatable bonds is 5. The van der Waals surface area contributed by atoms with Gasteiger partial charge in [0.2, 0.25) is 5.91 Å². The van der Waals surface area contributed by atoms with Gasteiger partial charge in [-0.05, 0) is 51.0 Å². The first-order valence-corrected chi connectivity index (χ1v) is 11.8. The Balaban J connectivity index is 1.46. The summed E-state index contributed by atoms with van der Waals surface area (Å²) in [5.74, 6) is -0.582. The summed E-state index contributed by atoms with van der Waals surface area (Å²) >= 11 is 6.01. The molecule has 1 fully saturated rings. The van der Waals surface area contributed by atoms with Crippen molar-refractivity contribution >= 4 is 34.3 Å². The fourth-order valence-electron chi connectivity index (χ4n) is 4.53. The van der Waals surface area contributed by atoms with Crippen LogP contribution in [0.25, 0.3) is 22.2 Å². The molecule has 33 heavy (non-hydrogen) atoms. The number of carbonyl (C=O) groups excluding carboxylic acids is 2. The van der Waals surface area contributed by atoms with Gasteiger partial charge in [-0.2, -0.15) is 0 Å². The lowest BCUT2D eigenvalue weighted by atomic mass is 9.97. The highest BCUT2D eigenvalue weighted by Crippen LogP contribution is 2.26. The summed E-state index contributed by atoms with van der Waals surface area (Å²) in [4.78, 5) is 32.5. The zero-order valence-electron chi connectivity index (χ0n) is 19.0. The van der Waals surface area contributed by atoms with Crippen molar-refractivity contribution in [3.05, 3.63) is 65.2 Å². The van der Waals surface area contributed by atoms with E-state index < -0.39 is 0 Å². The van der Waals surface area contributed by atoms with Gasteiger partial charge in [0.25, 0.3) is 5.91 Å². The number of hydrogen-bond acceptors (Lipinski definition) is 4. The highest BCUT2D eigenvalue weighted by Gasteiger charge is 2.24. The summed E-state index contributed by atoms with van der Waals surface area (Å²) in [5, 5.41) is 1.35. The van der Waals surface area contributed by atoms with E-state index in [9.17, 15) is 9.59 Å². The Bertz CT molecular complexity index is 1140. The third-order valence-electron chi connectivity index (χ3n) is 6.39. The number of halogens is 1. The molecule has 2 atom stereocenters. The van der Waals surface area contributed by atoms with Gasteiger partial charge in [0.1, 0.15) is 0 Å². The van der Waals surface area contributed by atoms with E-state index in [0.29, 0.717) is 46.8 Å². The highest BCUT2D eigenvalue weighted by atomic mass is 35.5. The monoisotopic (exact) mass is 464 g/mol. The maximum absolute atomic E-state index is 13.0. The van der Waals surface area contributed by atoms with Crippen molar-refractivity contribution in [2.75, 3.05) is 6.54 Å². The van der Waals surface area contributed by atoms with Gasteiger partial charge in [0.15, 0.2) is 0 Å². The summed E-state index contributed by atoms with van der Waals surface area (Å²) in [6.45, 7) is 5.10. The number of benzene rings is 2. The number of para-hydroxylation sites is 1. The Morgan fingerprint density at radius 3 is 2.45 bits per heavy atom. The minimum absolute atomic E-state index is 0.204. The molecule has 3 aromatic rings. The molecule has 1 saturated heterocycles. The Morgan fingerprint density at radius 2 is 1.73 bits per heavy atom. The Labute approximate surface area is 199 Å². The molecular weight excluding hydrogens is 436 g/mol. The number of pyridine rings is 1. The molecule has 4 rings (SSSR count). The molecule has 2 aromatic carbocycles. The van der Waals surface area contributed by atoms with Gasteiger partial charge < -0.3 is 0 Å². The highest BCUT2D eigenvalue weighted by molar-refractivity contribution is 6.30. The maximum Gasteiger partial charge on any atom is 0.270 e. The van der Waals surface area contributed by atoms with Crippen LogP contribution in [0, 0.1) is 0 Å². The Hall–Kier alpha value is -2.96. The lowest BCUT2D eigenvalue weighted by molar-refractivity contribution is -0.122. The van der Waals surface area contributed by atoms with E-state index >= 15 is 0 Å². The van der Waals surface area contributed by atoms with E-state index in [-0.39, 0.29) is 11.8 Å². The molecule has 0 unspecified atom stereocenters. The van der Waals surface area contributed by atoms with Crippen molar-refractivity contribution in [3.8, 4) is 11.3 Å². The van der Waals surface area contributed by atoms with Crippen LogP contribution >= 0.6 is 11.6 Å². The van der Waals surface area contributed by atoms with Crippen molar-refractivity contribution in [2.24, 2.45) is 0 Å². The van der Waals surface area contributed by atoms with Crippen LogP contribution in [0.15, 0.2) is 54.6 Å². The second kappa shape index (κ2) is 10.3. The van der Waals surface area contributed by atoms with Crippen LogP contribution in [-0.2, 0) is 4.79 Å². The molecule has 7 heteroatoms. The number of hydrogen-bond donors (Lipinski definition) is 2. The van der Waals surface area contributed by atoms with E-state index in [4.69, 9.17) is 16.6 Å². The summed E-state index contributed by atoms with van der Waals surface area (Å²) in [6.07, 6.45) is 3.89. The number of nitrogens with one attached hydrogen (secondary N) is 2. The Morgan fingerprint density at radius 1 is 1.03 bits per heavy atom. The third kappa shape index (κ3) is 5.52. The van der Waals surface area contributed by atoms with Gasteiger partial charge >= 0.3 is 0 Å².